The molecule has 0 aromatic heterocycles. The molecule has 0 fully saturated rings. The van der Waals surface area contributed by atoms with Gasteiger partial charge in [-0.05, 0) is 51.0 Å². The molecule has 0 bridgehead atoms. The van der Waals surface area contributed by atoms with Gasteiger partial charge in [-0.3, -0.25) is 9.10 Å². The fourth-order valence-corrected chi connectivity index (χ4v) is 5.09. The van der Waals surface area contributed by atoms with Crippen molar-refractivity contribution >= 4 is 21.6 Å². The molecule has 2 unspecified atom stereocenters. The third-order valence-corrected chi connectivity index (χ3v) is 6.62. The Labute approximate surface area is 179 Å². The molecule has 1 aliphatic heterocycles. The number of sulfonamides is 1. The van der Waals surface area contributed by atoms with Gasteiger partial charge in [0.15, 0.2) is 0 Å². The molecule has 30 heavy (non-hydrogen) atoms. The van der Waals surface area contributed by atoms with Crippen LogP contribution in [0.1, 0.15) is 51.3 Å². The Bertz CT molecular complexity index is 1020. The molecule has 2 aromatic carbocycles. The first-order chi connectivity index (χ1) is 14.0. The van der Waals surface area contributed by atoms with Crippen LogP contribution in [0.3, 0.4) is 0 Å². The van der Waals surface area contributed by atoms with Crippen molar-refractivity contribution in [2.45, 2.75) is 58.2 Å². The molecule has 1 amide bonds. The largest absolute Gasteiger partial charge is 0.487 e. The zero-order chi connectivity index (χ0) is 22.1. The van der Waals surface area contributed by atoms with Gasteiger partial charge in [0.1, 0.15) is 17.4 Å². The lowest BCUT2D eigenvalue weighted by Gasteiger charge is -2.38. The zero-order valence-electron chi connectivity index (χ0n) is 18.2. The standard InChI is InChI=1S/C23H30N2O4S/c1-6-17-11-13-18(14-12-17)25(30(5,27)28)16(2)22(26)24-20-15-23(3,4)29-21-10-8-7-9-19(20)21/h7-14,16,20H,6,15H2,1-5H3,(H,24,26). The predicted octanol–water partition coefficient (Wildman–Crippen LogP) is 3.82. The Kier molecular flexibility index (Phi) is 6.13. The molecule has 0 saturated heterocycles. The van der Waals surface area contributed by atoms with Crippen LogP contribution in [0.5, 0.6) is 5.75 Å². The highest BCUT2D eigenvalue weighted by Crippen LogP contribution is 2.39. The first kappa shape index (κ1) is 22.2. The summed E-state index contributed by atoms with van der Waals surface area (Å²) in [4.78, 5) is 13.2. The van der Waals surface area contributed by atoms with Gasteiger partial charge in [-0.15, -0.1) is 0 Å². The molecule has 1 aliphatic rings. The summed E-state index contributed by atoms with van der Waals surface area (Å²) in [5.41, 5.74) is 2.04. The molecular formula is C23H30N2O4S. The Hall–Kier alpha value is -2.54. The molecule has 3 rings (SSSR count). The minimum Gasteiger partial charge on any atom is -0.487 e. The highest BCUT2D eigenvalue weighted by Gasteiger charge is 2.36. The number of aryl methyl sites for hydroxylation is 1. The first-order valence-corrected chi connectivity index (χ1v) is 12.0. The van der Waals surface area contributed by atoms with E-state index in [2.05, 4.69) is 5.32 Å². The maximum Gasteiger partial charge on any atom is 0.244 e. The molecule has 0 radical (unpaired) electrons. The van der Waals surface area contributed by atoms with Crippen molar-refractivity contribution < 1.29 is 17.9 Å². The van der Waals surface area contributed by atoms with E-state index < -0.39 is 21.7 Å². The van der Waals surface area contributed by atoms with E-state index >= 15 is 0 Å². The van der Waals surface area contributed by atoms with E-state index in [1.807, 2.05) is 57.2 Å². The van der Waals surface area contributed by atoms with Crippen LogP contribution in [0.2, 0.25) is 0 Å². The highest BCUT2D eigenvalue weighted by atomic mass is 32.2. The average Bonchev–Trinajstić information content (AvgIpc) is 2.66. The van der Waals surface area contributed by atoms with Gasteiger partial charge in [-0.2, -0.15) is 0 Å². The van der Waals surface area contributed by atoms with Crippen molar-refractivity contribution in [2.75, 3.05) is 10.6 Å². The fourth-order valence-electron chi connectivity index (χ4n) is 3.91. The normalized spacial score (nSPS) is 18.6. The lowest BCUT2D eigenvalue weighted by Crippen LogP contribution is -2.50. The Morgan fingerprint density at radius 3 is 2.43 bits per heavy atom. The number of nitrogens with zero attached hydrogens (tertiary/aromatic N) is 1. The number of benzene rings is 2. The van der Waals surface area contributed by atoms with Crippen molar-refractivity contribution in [3.05, 3.63) is 59.7 Å². The molecule has 0 aliphatic carbocycles. The van der Waals surface area contributed by atoms with Gasteiger partial charge in [-0.25, -0.2) is 8.42 Å². The topological polar surface area (TPSA) is 75.7 Å². The summed E-state index contributed by atoms with van der Waals surface area (Å²) in [5.74, 6) is 0.388. The van der Waals surface area contributed by atoms with Crippen LogP contribution in [0.25, 0.3) is 0 Å². The van der Waals surface area contributed by atoms with Crippen LogP contribution in [-0.4, -0.2) is 32.2 Å². The Morgan fingerprint density at radius 1 is 1.20 bits per heavy atom. The fraction of sp³-hybridized carbons (Fsp3) is 0.435. The van der Waals surface area contributed by atoms with E-state index in [1.165, 1.54) is 4.31 Å². The minimum absolute atomic E-state index is 0.260. The molecule has 7 heteroatoms. The summed E-state index contributed by atoms with van der Waals surface area (Å²) in [6.07, 6.45) is 2.57. The van der Waals surface area contributed by atoms with Gasteiger partial charge in [0.05, 0.1) is 18.0 Å². The van der Waals surface area contributed by atoms with Gasteiger partial charge < -0.3 is 10.1 Å². The summed E-state index contributed by atoms with van der Waals surface area (Å²) in [7, 11) is -3.66. The smallest absolute Gasteiger partial charge is 0.244 e. The number of hydrogen-bond acceptors (Lipinski definition) is 4. The first-order valence-electron chi connectivity index (χ1n) is 10.2. The molecule has 2 atom stereocenters. The SMILES string of the molecule is CCc1ccc(N(C(C)C(=O)NC2CC(C)(C)Oc3ccccc32)S(C)(=O)=O)cc1. The van der Waals surface area contributed by atoms with Crippen LogP contribution >= 0.6 is 0 Å². The number of carbonyl (C=O) groups excluding carboxylic acids is 1. The van der Waals surface area contributed by atoms with Crippen LogP contribution in [0, 0.1) is 0 Å². The number of anilines is 1. The van der Waals surface area contributed by atoms with Crippen molar-refractivity contribution in [3.63, 3.8) is 0 Å². The molecule has 162 valence electrons. The van der Waals surface area contributed by atoms with Crippen LogP contribution in [0.15, 0.2) is 48.5 Å². The minimum atomic E-state index is -3.66. The molecule has 6 nitrogen and oxygen atoms in total. The zero-order valence-corrected chi connectivity index (χ0v) is 19.0. The number of nitrogens with one attached hydrogen (secondary N) is 1. The van der Waals surface area contributed by atoms with E-state index in [4.69, 9.17) is 4.74 Å². The van der Waals surface area contributed by atoms with Gasteiger partial charge in [-0.1, -0.05) is 37.3 Å². The number of hydrogen-bond donors (Lipinski definition) is 1. The second kappa shape index (κ2) is 8.30. The van der Waals surface area contributed by atoms with E-state index in [1.54, 1.807) is 19.1 Å². The molecule has 0 saturated carbocycles. The summed E-state index contributed by atoms with van der Waals surface area (Å²) in [6.45, 7) is 7.60. The van der Waals surface area contributed by atoms with E-state index in [-0.39, 0.29) is 11.9 Å². The number of carbonyl (C=O) groups is 1. The molecule has 0 spiro atoms. The van der Waals surface area contributed by atoms with Crippen LogP contribution in [-0.2, 0) is 21.2 Å². The van der Waals surface area contributed by atoms with Crippen molar-refractivity contribution in [1.82, 2.24) is 5.32 Å². The van der Waals surface area contributed by atoms with Gasteiger partial charge >= 0.3 is 0 Å². The number of ether oxygens (including phenoxy) is 1. The second-order valence-corrected chi connectivity index (χ2v) is 10.3. The molecule has 2 aromatic rings. The lowest BCUT2D eigenvalue weighted by molar-refractivity contribution is -0.123. The number of fused-ring (bicyclic) bond motifs is 1. The average molecular weight is 431 g/mol. The van der Waals surface area contributed by atoms with Gasteiger partial charge in [0, 0.05) is 12.0 Å². The van der Waals surface area contributed by atoms with Crippen LogP contribution < -0.4 is 14.4 Å². The van der Waals surface area contributed by atoms with Crippen LogP contribution in [0.4, 0.5) is 5.69 Å². The third kappa shape index (κ3) is 4.78. The van der Waals surface area contributed by atoms with Gasteiger partial charge in [0.2, 0.25) is 15.9 Å². The highest BCUT2D eigenvalue weighted by molar-refractivity contribution is 7.92. The maximum atomic E-state index is 13.2. The van der Waals surface area contributed by atoms with Crippen molar-refractivity contribution in [1.29, 1.82) is 0 Å². The van der Waals surface area contributed by atoms with E-state index in [0.29, 0.717) is 12.1 Å². The second-order valence-electron chi connectivity index (χ2n) is 8.42. The predicted molar refractivity (Wildman–Crippen MR) is 119 cm³/mol. The monoisotopic (exact) mass is 430 g/mol. The van der Waals surface area contributed by atoms with Gasteiger partial charge in [0.25, 0.3) is 0 Å². The summed E-state index contributed by atoms with van der Waals surface area (Å²) < 4.78 is 32.3. The van der Waals surface area contributed by atoms with E-state index in [9.17, 15) is 13.2 Å². The third-order valence-electron chi connectivity index (χ3n) is 5.38. The summed E-state index contributed by atoms with van der Waals surface area (Å²) in [6, 6.07) is 13.7. The summed E-state index contributed by atoms with van der Waals surface area (Å²) >= 11 is 0. The Balaban J connectivity index is 1.87. The molecule has 1 heterocycles. The molecule has 1 N–H and O–H groups in total. The molecular weight excluding hydrogens is 400 g/mol. The lowest BCUT2D eigenvalue weighted by atomic mass is 9.89. The van der Waals surface area contributed by atoms with E-state index in [0.717, 1.165) is 29.6 Å². The number of para-hydroxylation sites is 1. The number of rotatable bonds is 6. The number of amides is 1. The summed E-state index contributed by atoms with van der Waals surface area (Å²) in [5, 5.41) is 3.05. The quantitative estimate of drug-likeness (QED) is 0.756. The van der Waals surface area contributed by atoms with Crippen molar-refractivity contribution in [2.24, 2.45) is 0 Å². The van der Waals surface area contributed by atoms with Crippen molar-refractivity contribution in [3.8, 4) is 5.75 Å². The maximum absolute atomic E-state index is 13.2. The Morgan fingerprint density at radius 2 is 1.83 bits per heavy atom.